The van der Waals surface area contributed by atoms with Gasteiger partial charge in [-0.15, -0.1) is 0 Å². The molecular formula is C26H34N2O4. The second-order valence-electron chi connectivity index (χ2n) is 8.81. The minimum absolute atomic E-state index is 0.0782. The summed E-state index contributed by atoms with van der Waals surface area (Å²) >= 11 is 0. The Bertz CT molecular complexity index is 969. The maximum Gasteiger partial charge on any atom is 0.312 e. The molecule has 0 saturated carbocycles. The smallest absolute Gasteiger partial charge is 0.312 e. The molecule has 2 heterocycles. The Morgan fingerprint density at radius 2 is 1.75 bits per heavy atom. The number of nitrogens with zero attached hydrogens (tertiary/aromatic N) is 1. The van der Waals surface area contributed by atoms with E-state index in [1.807, 2.05) is 43.9 Å². The number of aromatic nitrogens is 1. The van der Waals surface area contributed by atoms with E-state index in [1.165, 1.54) is 12.5 Å². The van der Waals surface area contributed by atoms with Crippen LogP contribution in [0.3, 0.4) is 0 Å². The number of benzene rings is 1. The summed E-state index contributed by atoms with van der Waals surface area (Å²) in [4.78, 5) is 42.9. The Labute approximate surface area is 190 Å². The lowest BCUT2D eigenvalue weighted by Crippen LogP contribution is -2.47. The lowest BCUT2D eigenvalue weighted by atomic mass is 9.74. The summed E-state index contributed by atoms with van der Waals surface area (Å²) in [5, 5.41) is 0. The van der Waals surface area contributed by atoms with E-state index in [-0.39, 0.29) is 17.7 Å². The number of carbonyl (C=O) groups excluding carboxylic acids is 3. The van der Waals surface area contributed by atoms with Crippen molar-refractivity contribution in [3.63, 3.8) is 0 Å². The van der Waals surface area contributed by atoms with Gasteiger partial charge >= 0.3 is 5.97 Å². The highest BCUT2D eigenvalue weighted by atomic mass is 16.5. The van der Waals surface area contributed by atoms with Crippen molar-refractivity contribution in [2.24, 2.45) is 5.41 Å². The largest absolute Gasteiger partial charge is 0.466 e. The van der Waals surface area contributed by atoms with E-state index in [0.29, 0.717) is 55.1 Å². The van der Waals surface area contributed by atoms with Gasteiger partial charge in [-0.05, 0) is 64.0 Å². The van der Waals surface area contributed by atoms with Crippen LogP contribution in [0.25, 0.3) is 0 Å². The second kappa shape index (κ2) is 10.2. The Morgan fingerprint density at radius 3 is 2.31 bits per heavy atom. The molecule has 0 spiro atoms. The Balaban J connectivity index is 1.70. The maximum atomic E-state index is 13.3. The highest BCUT2D eigenvalue weighted by Gasteiger charge is 2.43. The fraction of sp³-hybridized carbons (Fsp3) is 0.500. The molecular weight excluding hydrogens is 404 g/mol. The van der Waals surface area contributed by atoms with Gasteiger partial charge in [-0.25, -0.2) is 0 Å². The Morgan fingerprint density at radius 1 is 1.09 bits per heavy atom. The fourth-order valence-corrected chi connectivity index (χ4v) is 4.83. The number of likely N-dealkylation sites (tertiary alicyclic amines) is 1. The van der Waals surface area contributed by atoms with E-state index < -0.39 is 5.41 Å². The van der Waals surface area contributed by atoms with Gasteiger partial charge in [-0.1, -0.05) is 30.3 Å². The lowest BCUT2D eigenvalue weighted by Gasteiger charge is -2.40. The molecule has 32 heavy (non-hydrogen) atoms. The van der Waals surface area contributed by atoms with E-state index >= 15 is 0 Å². The van der Waals surface area contributed by atoms with Crippen LogP contribution in [0.15, 0.2) is 30.3 Å². The van der Waals surface area contributed by atoms with Crippen molar-refractivity contribution < 1.29 is 19.1 Å². The first kappa shape index (κ1) is 23.8. The summed E-state index contributed by atoms with van der Waals surface area (Å²) in [6.07, 6.45) is 3.75. The number of hydrogen-bond donors (Lipinski definition) is 1. The number of amides is 1. The number of aromatic amines is 1. The van der Waals surface area contributed by atoms with Gasteiger partial charge in [0.1, 0.15) is 0 Å². The molecule has 6 nitrogen and oxygen atoms in total. The lowest BCUT2D eigenvalue weighted by molar-refractivity contribution is -0.159. The van der Waals surface area contributed by atoms with Crippen molar-refractivity contribution in [2.75, 3.05) is 19.7 Å². The fourth-order valence-electron chi connectivity index (χ4n) is 4.83. The molecule has 1 amide bonds. The van der Waals surface area contributed by atoms with Gasteiger partial charge in [0.2, 0.25) is 0 Å². The minimum Gasteiger partial charge on any atom is -0.466 e. The third kappa shape index (κ3) is 4.95. The molecule has 1 aliphatic heterocycles. The molecule has 6 heteroatoms. The third-order valence-corrected chi connectivity index (χ3v) is 6.68. The minimum atomic E-state index is -0.547. The first-order chi connectivity index (χ1) is 15.3. The summed E-state index contributed by atoms with van der Waals surface area (Å²) in [5.74, 6) is -0.304. The van der Waals surface area contributed by atoms with E-state index in [0.717, 1.165) is 19.3 Å². The number of hydrogen-bond acceptors (Lipinski definition) is 4. The predicted octanol–water partition coefficient (Wildman–Crippen LogP) is 4.64. The zero-order chi connectivity index (χ0) is 23.3. The van der Waals surface area contributed by atoms with Crippen LogP contribution < -0.4 is 0 Å². The Hall–Kier alpha value is -2.89. The predicted molar refractivity (Wildman–Crippen MR) is 124 cm³/mol. The molecule has 1 fully saturated rings. The standard InChI is InChI=1S/C26H34N2O4/c1-5-32-25(31)26(13-9-12-21-10-7-6-8-11-21)14-16-28(17-15-26)24(30)22-18(2)23(20(4)29)27-19(22)3/h6-8,10-11,27H,5,9,12-17H2,1-4H3. The number of ketones is 1. The first-order valence-corrected chi connectivity index (χ1v) is 11.5. The zero-order valence-corrected chi connectivity index (χ0v) is 19.6. The van der Waals surface area contributed by atoms with Crippen molar-refractivity contribution in [2.45, 2.75) is 59.8 Å². The average Bonchev–Trinajstić information content (AvgIpc) is 3.09. The van der Waals surface area contributed by atoms with Crippen LogP contribution in [0.2, 0.25) is 0 Å². The highest BCUT2D eigenvalue weighted by Crippen LogP contribution is 2.39. The van der Waals surface area contributed by atoms with Gasteiger partial charge in [0.15, 0.2) is 5.78 Å². The summed E-state index contributed by atoms with van der Waals surface area (Å²) < 4.78 is 5.45. The molecule has 0 atom stereocenters. The van der Waals surface area contributed by atoms with Crippen molar-refractivity contribution in [1.82, 2.24) is 9.88 Å². The zero-order valence-electron chi connectivity index (χ0n) is 19.6. The number of aryl methyl sites for hydroxylation is 2. The summed E-state index contributed by atoms with van der Waals surface area (Å²) in [6, 6.07) is 10.3. The van der Waals surface area contributed by atoms with Crippen LogP contribution in [0.1, 0.15) is 77.2 Å². The van der Waals surface area contributed by atoms with Gasteiger partial charge in [0.05, 0.1) is 23.3 Å². The number of nitrogens with one attached hydrogen (secondary N) is 1. The molecule has 1 N–H and O–H groups in total. The van der Waals surface area contributed by atoms with E-state index in [9.17, 15) is 14.4 Å². The second-order valence-corrected chi connectivity index (χ2v) is 8.81. The average molecular weight is 439 g/mol. The van der Waals surface area contributed by atoms with Gasteiger partial charge in [-0.2, -0.15) is 0 Å². The molecule has 0 bridgehead atoms. The summed E-state index contributed by atoms with van der Waals surface area (Å²) in [5.41, 5.74) is 3.19. The quantitative estimate of drug-likeness (QED) is 0.481. The molecule has 0 aliphatic carbocycles. The molecule has 2 aromatic rings. The maximum absolute atomic E-state index is 13.3. The van der Waals surface area contributed by atoms with Gasteiger partial charge in [0.25, 0.3) is 5.91 Å². The SMILES string of the molecule is CCOC(=O)C1(CCCc2ccccc2)CCN(C(=O)c2c(C)[nH]c(C(C)=O)c2C)CC1. The van der Waals surface area contributed by atoms with Gasteiger partial charge < -0.3 is 14.6 Å². The van der Waals surface area contributed by atoms with Crippen LogP contribution in [0.4, 0.5) is 0 Å². The van der Waals surface area contributed by atoms with E-state index in [1.54, 1.807) is 0 Å². The Kier molecular flexibility index (Phi) is 7.54. The van der Waals surface area contributed by atoms with Crippen molar-refractivity contribution >= 4 is 17.7 Å². The molecule has 0 unspecified atom stereocenters. The van der Waals surface area contributed by atoms with Crippen LogP contribution >= 0.6 is 0 Å². The normalized spacial score (nSPS) is 15.4. The first-order valence-electron chi connectivity index (χ1n) is 11.5. The number of Topliss-reactive ketones (excluding diaryl/α,β-unsaturated/α-hetero) is 1. The number of H-pyrrole nitrogens is 1. The number of rotatable bonds is 8. The third-order valence-electron chi connectivity index (χ3n) is 6.68. The molecule has 1 aliphatic rings. The molecule has 3 rings (SSSR count). The van der Waals surface area contributed by atoms with Crippen LogP contribution in [-0.2, 0) is 16.0 Å². The number of esters is 1. The van der Waals surface area contributed by atoms with Crippen LogP contribution in [0, 0.1) is 19.3 Å². The van der Waals surface area contributed by atoms with Gasteiger partial charge in [-0.3, -0.25) is 14.4 Å². The van der Waals surface area contributed by atoms with E-state index in [4.69, 9.17) is 4.74 Å². The topological polar surface area (TPSA) is 79.5 Å². The highest BCUT2D eigenvalue weighted by molar-refractivity contribution is 6.02. The van der Waals surface area contributed by atoms with E-state index in [2.05, 4.69) is 17.1 Å². The summed E-state index contributed by atoms with van der Waals surface area (Å²) in [7, 11) is 0. The monoisotopic (exact) mass is 438 g/mol. The van der Waals surface area contributed by atoms with Crippen molar-refractivity contribution in [3.8, 4) is 0 Å². The molecule has 1 aromatic carbocycles. The number of carbonyl (C=O) groups is 3. The van der Waals surface area contributed by atoms with Crippen LogP contribution in [0.5, 0.6) is 0 Å². The molecule has 172 valence electrons. The number of ether oxygens (including phenoxy) is 1. The van der Waals surface area contributed by atoms with Gasteiger partial charge in [0, 0.05) is 25.7 Å². The van der Waals surface area contributed by atoms with Crippen molar-refractivity contribution in [1.29, 1.82) is 0 Å². The molecule has 1 aromatic heterocycles. The summed E-state index contributed by atoms with van der Waals surface area (Å²) in [6.45, 7) is 8.32. The molecule has 0 radical (unpaired) electrons. The molecule has 1 saturated heterocycles. The number of piperidine rings is 1. The van der Waals surface area contributed by atoms with Crippen molar-refractivity contribution in [3.05, 3.63) is 58.4 Å². The van der Waals surface area contributed by atoms with Crippen LogP contribution in [-0.4, -0.2) is 47.2 Å².